The van der Waals surface area contributed by atoms with Crippen LogP contribution in [0.4, 0.5) is 16.2 Å². The Kier molecular flexibility index (Phi) is 7.53. The Morgan fingerprint density at radius 2 is 1.72 bits per heavy atom. The number of aliphatic hydroxyl groups is 3. The lowest BCUT2D eigenvalue weighted by molar-refractivity contribution is -0.153. The van der Waals surface area contributed by atoms with E-state index in [1.54, 1.807) is 63.4 Å². The molecule has 2 aromatic carbocycles. The van der Waals surface area contributed by atoms with Gasteiger partial charge in [0.2, 0.25) is 5.78 Å². The van der Waals surface area contributed by atoms with E-state index in [9.17, 15) is 39.6 Å². The number of thioether (sulfide) groups is 1. The average Bonchev–Trinajstić information content (AvgIpc) is 2.92. The number of hydrogen-bond donors (Lipinski definition) is 6. The molecule has 2 aromatic rings. The minimum Gasteiger partial charge on any atom is -0.508 e. The largest absolute Gasteiger partial charge is 0.508 e. The van der Waals surface area contributed by atoms with Crippen LogP contribution < -0.4 is 16.0 Å². The fourth-order valence-electron chi connectivity index (χ4n) is 6.52. The molecule has 13 heteroatoms. The number of aromatic hydroxyl groups is 1. The monoisotopic (exact) mass is 608 g/mol. The van der Waals surface area contributed by atoms with E-state index in [4.69, 9.17) is 5.73 Å². The van der Waals surface area contributed by atoms with E-state index in [2.05, 4.69) is 5.32 Å². The lowest BCUT2D eigenvalue weighted by Crippen LogP contribution is -2.65. The molecular formula is C30H32N4O8S. The van der Waals surface area contributed by atoms with E-state index >= 15 is 0 Å². The van der Waals surface area contributed by atoms with Gasteiger partial charge in [-0.05, 0) is 68.4 Å². The van der Waals surface area contributed by atoms with Crippen molar-refractivity contribution in [1.82, 2.24) is 4.90 Å². The first-order chi connectivity index (χ1) is 20.2. The number of phenols is 1. The number of nitrogens with one attached hydrogen (secondary N) is 1. The minimum absolute atomic E-state index is 0.0176. The normalized spacial score (nSPS) is 24.8. The smallest absolute Gasteiger partial charge is 0.288 e. The molecule has 0 saturated heterocycles. The van der Waals surface area contributed by atoms with Gasteiger partial charge in [0.25, 0.3) is 11.1 Å². The van der Waals surface area contributed by atoms with Gasteiger partial charge in [-0.15, -0.1) is 0 Å². The number of aliphatic hydroxyl groups excluding tert-OH is 2. The molecule has 0 bridgehead atoms. The molecule has 43 heavy (non-hydrogen) atoms. The standard InChI is InChI=1S/C30H32N4O8S/c1-33(2)18-12-17(32-29(41)43-14-8-6-5-7-9-14)23(35)20-15(18)10-13-11-16-22(34(3)4)25(37)21(28(31)40)27(39)30(16,42)26(38)19(13)24(20)36/h5-9,12-13,16,22,35-36,39,42H,10-11H2,1-4H3,(H2,31,40)(H,32,41)/t13-,16-,22-,30-/m0/s1. The SMILES string of the molecule is CN(C)c1cc(NC(=O)Sc2ccccc2)c(O)c2c1C[C@H]1C[C@H]3[C@H](N(C)C)C(=O)C(C(N)=O)=C(O)[C@@]3(O)C(=O)C1=C2O. The van der Waals surface area contributed by atoms with Crippen LogP contribution in [0.15, 0.2) is 58.2 Å². The molecule has 0 unspecified atom stereocenters. The summed E-state index contributed by atoms with van der Waals surface area (Å²) < 4.78 is 0. The maximum absolute atomic E-state index is 14.1. The van der Waals surface area contributed by atoms with Crippen LogP contribution in [0.1, 0.15) is 17.5 Å². The molecule has 0 heterocycles. The van der Waals surface area contributed by atoms with Crippen molar-refractivity contribution in [2.75, 3.05) is 38.4 Å². The number of phenolic OH excluding ortho intramolecular Hbond substituents is 1. The van der Waals surface area contributed by atoms with E-state index in [-0.39, 0.29) is 29.7 Å². The highest BCUT2D eigenvalue weighted by atomic mass is 32.2. The Hall–Kier alpha value is -4.33. The number of amides is 2. The molecular weight excluding hydrogens is 576 g/mol. The number of nitrogens with two attached hydrogens (primary N) is 1. The molecule has 12 nitrogen and oxygen atoms in total. The van der Waals surface area contributed by atoms with Crippen molar-refractivity contribution in [3.8, 4) is 5.75 Å². The second-order valence-electron chi connectivity index (χ2n) is 11.3. The van der Waals surface area contributed by atoms with E-state index < -0.39 is 69.0 Å². The van der Waals surface area contributed by atoms with Gasteiger partial charge in [0.1, 0.15) is 17.1 Å². The van der Waals surface area contributed by atoms with Crippen LogP contribution in [0.3, 0.4) is 0 Å². The van der Waals surface area contributed by atoms with Crippen molar-refractivity contribution in [3.63, 3.8) is 0 Å². The number of anilines is 2. The summed E-state index contributed by atoms with van der Waals surface area (Å²) in [5.74, 6) is -7.38. The number of fused-ring (bicyclic) bond motifs is 3. The Balaban J connectivity index is 1.65. The number of hydrogen-bond acceptors (Lipinski definition) is 11. The number of likely N-dealkylation sites (N-methyl/N-ethyl adjacent to an activating group) is 1. The molecule has 226 valence electrons. The summed E-state index contributed by atoms with van der Waals surface area (Å²) in [6.07, 6.45) is 0.105. The van der Waals surface area contributed by atoms with Crippen LogP contribution in [0.2, 0.25) is 0 Å². The Bertz CT molecular complexity index is 1630. The highest BCUT2D eigenvalue weighted by molar-refractivity contribution is 8.13. The predicted octanol–water partition coefficient (Wildman–Crippen LogP) is 2.35. The van der Waals surface area contributed by atoms with E-state index in [0.29, 0.717) is 16.1 Å². The highest BCUT2D eigenvalue weighted by Crippen LogP contribution is 2.54. The Morgan fingerprint density at radius 1 is 1.07 bits per heavy atom. The van der Waals surface area contributed by atoms with Crippen molar-refractivity contribution >= 4 is 51.6 Å². The molecule has 2 amide bonds. The van der Waals surface area contributed by atoms with Crippen molar-refractivity contribution < 1.29 is 39.6 Å². The van der Waals surface area contributed by atoms with Gasteiger partial charge in [-0.3, -0.25) is 24.1 Å². The molecule has 1 fully saturated rings. The third kappa shape index (κ3) is 4.64. The second kappa shape index (κ2) is 10.7. The summed E-state index contributed by atoms with van der Waals surface area (Å²) in [6.45, 7) is 0. The summed E-state index contributed by atoms with van der Waals surface area (Å²) in [5.41, 5.74) is 2.41. The van der Waals surface area contributed by atoms with Crippen molar-refractivity contribution in [2.24, 2.45) is 17.6 Å². The summed E-state index contributed by atoms with van der Waals surface area (Å²) in [6, 6.07) is 9.26. The zero-order valence-electron chi connectivity index (χ0n) is 23.9. The lowest BCUT2D eigenvalue weighted by Gasteiger charge is -2.50. The number of carbonyl (C=O) groups is 4. The zero-order valence-corrected chi connectivity index (χ0v) is 24.7. The van der Waals surface area contributed by atoms with Crippen LogP contribution in [0, 0.1) is 11.8 Å². The average molecular weight is 609 g/mol. The van der Waals surface area contributed by atoms with Crippen LogP contribution in [0.5, 0.6) is 5.75 Å². The molecule has 5 rings (SSSR count). The van der Waals surface area contributed by atoms with Gasteiger partial charge in [-0.1, -0.05) is 18.2 Å². The maximum atomic E-state index is 14.1. The summed E-state index contributed by atoms with van der Waals surface area (Å²) in [5, 5.41) is 47.9. The molecule has 3 aliphatic rings. The fraction of sp³-hybridized carbons (Fsp3) is 0.333. The first-order valence-electron chi connectivity index (χ1n) is 13.4. The van der Waals surface area contributed by atoms with Gasteiger partial charge in [0, 0.05) is 36.2 Å². The van der Waals surface area contributed by atoms with Crippen molar-refractivity contribution in [1.29, 1.82) is 0 Å². The third-order valence-electron chi connectivity index (χ3n) is 8.37. The van der Waals surface area contributed by atoms with Crippen molar-refractivity contribution in [3.05, 3.63) is 64.4 Å². The fourth-order valence-corrected chi connectivity index (χ4v) is 7.19. The van der Waals surface area contributed by atoms with Crippen LogP contribution in [-0.4, -0.2) is 87.9 Å². The van der Waals surface area contributed by atoms with Gasteiger partial charge >= 0.3 is 0 Å². The molecule has 3 aliphatic carbocycles. The first-order valence-corrected chi connectivity index (χ1v) is 14.3. The summed E-state index contributed by atoms with van der Waals surface area (Å²) in [4.78, 5) is 56.2. The van der Waals surface area contributed by atoms with Crippen LogP contribution in [0.25, 0.3) is 5.76 Å². The number of rotatable bonds is 5. The van der Waals surface area contributed by atoms with E-state index in [1.807, 2.05) is 6.07 Å². The molecule has 7 N–H and O–H groups in total. The molecule has 4 atom stereocenters. The third-order valence-corrected chi connectivity index (χ3v) is 9.16. The lowest BCUT2D eigenvalue weighted by atomic mass is 9.57. The maximum Gasteiger partial charge on any atom is 0.288 e. The molecule has 0 radical (unpaired) electrons. The second-order valence-corrected chi connectivity index (χ2v) is 12.4. The number of carbonyl (C=O) groups excluding carboxylic acids is 4. The van der Waals surface area contributed by atoms with Gasteiger partial charge in [-0.25, -0.2) is 0 Å². The van der Waals surface area contributed by atoms with Gasteiger partial charge in [-0.2, -0.15) is 0 Å². The van der Waals surface area contributed by atoms with E-state index in [1.165, 1.54) is 4.90 Å². The Labute approximate surface area is 251 Å². The molecule has 0 aromatic heterocycles. The molecule has 0 aliphatic heterocycles. The topological polar surface area (TPSA) is 194 Å². The van der Waals surface area contributed by atoms with Gasteiger partial charge in [0.05, 0.1) is 17.3 Å². The Morgan fingerprint density at radius 3 is 2.30 bits per heavy atom. The highest BCUT2D eigenvalue weighted by Gasteiger charge is 2.64. The van der Waals surface area contributed by atoms with Gasteiger partial charge in [0.15, 0.2) is 17.1 Å². The zero-order chi connectivity index (χ0) is 31.5. The first kappa shape index (κ1) is 30.1. The quantitative estimate of drug-likeness (QED) is 0.166. The van der Waals surface area contributed by atoms with Crippen molar-refractivity contribution in [2.45, 2.75) is 29.4 Å². The van der Waals surface area contributed by atoms with Crippen LogP contribution >= 0.6 is 11.8 Å². The summed E-state index contributed by atoms with van der Waals surface area (Å²) >= 11 is 0.897. The molecule has 0 spiro atoms. The number of Topliss-reactive ketones (excluding diaryl/α,β-unsaturated/α-hetero) is 2. The van der Waals surface area contributed by atoms with E-state index in [0.717, 1.165) is 11.8 Å². The van der Waals surface area contributed by atoms with Crippen LogP contribution in [-0.2, 0) is 20.8 Å². The number of ketones is 2. The molecule has 1 saturated carbocycles. The predicted molar refractivity (Wildman–Crippen MR) is 160 cm³/mol. The summed E-state index contributed by atoms with van der Waals surface area (Å²) in [7, 11) is 6.57. The number of nitrogens with zero attached hydrogens (tertiary/aromatic N) is 2. The number of benzene rings is 2. The van der Waals surface area contributed by atoms with Gasteiger partial charge < -0.3 is 36.4 Å². The number of primary amides is 1. The minimum atomic E-state index is -2.73.